The lowest BCUT2D eigenvalue weighted by molar-refractivity contribution is 0.0465. The first-order valence-electron chi connectivity index (χ1n) is 7.23. The molecule has 0 spiro atoms. The fourth-order valence-corrected chi connectivity index (χ4v) is 4.55. The summed E-state index contributed by atoms with van der Waals surface area (Å²) in [7, 11) is -3.57. The van der Waals surface area contributed by atoms with Gasteiger partial charge in [-0.2, -0.15) is 4.31 Å². The molecule has 0 bridgehead atoms. The van der Waals surface area contributed by atoms with Gasteiger partial charge in [0, 0.05) is 18.8 Å². The number of sulfonamides is 1. The minimum absolute atomic E-state index is 0.279. The average molecular weight is 312 g/mol. The number of nitrogens with two attached hydrogens (primary N) is 1. The van der Waals surface area contributed by atoms with Crippen molar-refractivity contribution in [3.8, 4) is 0 Å². The topological polar surface area (TPSA) is 83.6 Å². The molecule has 21 heavy (non-hydrogen) atoms. The Balaban J connectivity index is 2.39. The van der Waals surface area contributed by atoms with Gasteiger partial charge in [-0.05, 0) is 63.3 Å². The van der Waals surface area contributed by atoms with E-state index in [2.05, 4.69) is 0 Å². The SMILES string of the molecule is Cc1cc(N)cc(S(=O)(=O)N2CCCC(C)(O)CC2)c1C. The lowest BCUT2D eigenvalue weighted by Crippen LogP contribution is -2.34. The largest absolute Gasteiger partial charge is 0.399 e. The quantitative estimate of drug-likeness (QED) is 0.816. The summed E-state index contributed by atoms with van der Waals surface area (Å²) < 4.78 is 27.2. The van der Waals surface area contributed by atoms with Crippen molar-refractivity contribution in [3.63, 3.8) is 0 Å². The predicted octanol–water partition coefficient (Wildman–Crippen LogP) is 1.81. The van der Waals surface area contributed by atoms with E-state index in [0.29, 0.717) is 38.0 Å². The fourth-order valence-electron chi connectivity index (χ4n) is 2.74. The standard InChI is InChI=1S/C15H24N2O3S/c1-11-9-13(16)10-14(12(11)2)21(19,20)17-7-4-5-15(3,18)6-8-17/h9-10,18H,4-8,16H2,1-3H3. The number of aliphatic hydroxyl groups is 1. The number of rotatable bonds is 2. The Morgan fingerprint density at radius 3 is 2.57 bits per heavy atom. The normalized spacial score (nSPS) is 24.8. The number of hydrogen-bond acceptors (Lipinski definition) is 4. The van der Waals surface area contributed by atoms with E-state index in [0.717, 1.165) is 11.1 Å². The van der Waals surface area contributed by atoms with E-state index in [1.54, 1.807) is 19.9 Å². The Bertz CT molecular complexity index is 639. The Kier molecular flexibility index (Phi) is 4.33. The minimum atomic E-state index is -3.57. The number of anilines is 1. The number of aryl methyl sites for hydroxylation is 1. The van der Waals surface area contributed by atoms with Crippen molar-refractivity contribution in [3.05, 3.63) is 23.3 Å². The second-order valence-electron chi connectivity index (χ2n) is 6.22. The van der Waals surface area contributed by atoms with Gasteiger partial charge in [0.05, 0.1) is 10.5 Å². The number of hydrogen-bond donors (Lipinski definition) is 2. The van der Waals surface area contributed by atoms with E-state index in [1.165, 1.54) is 10.4 Å². The van der Waals surface area contributed by atoms with Gasteiger partial charge >= 0.3 is 0 Å². The molecule has 1 saturated heterocycles. The van der Waals surface area contributed by atoms with Gasteiger partial charge in [-0.1, -0.05) is 0 Å². The molecule has 0 aromatic heterocycles. The number of nitrogen functional groups attached to an aromatic ring is 1. The third kappa shape index (κ3) is 3.39. The maximum absolute atomic E-state index is 12.9. The number of benzene rings is 1. The zero-order chi connectivity index (χ0) is 15.8. The molecular formula is C15H24N2O3S. The van der Waals surface area contributed by atoms with Crippen molar-refractivity contribution >= 4 is 15.7 Å². The van der Waals surface area contributed by atoms with E-state index >= 15 is 0 Å². The Labute approximate surface area is 126 Å². The van der Waals surface area contributed by atoms with Crippen LogP contribution in [-0.4, -0.2) is 36.5 Å². The summed E-state index contributed by atoms with van der Waals surface area (Å²) in [5, 5.41) is 10.1. The zero-order valence-corrected chi connectivity index (χ0v) is 13.7. The fraction of sp³-hybridized carbons (Fsp3) is 0.600. The number of nitrogens with zero attached hydrogens (tertiary/aromatic N) is 1. The molecule has 1 heterocycles. The minimum Gasteiger partial charge on any atom is -0.399 e. The summed E-state index contributed by atoms with van der Waals surface area (Å²) in [6.07, 6.45) is 1.73. The van der Waals surface area contributed by atoms with Crippen LogP contribution < -0.4 is 5.73 Å². The summed E-state index contributed by atoms with van der Waals surface area (Å²) in [5.41, 5.74) is 7.08. The van der Waals surface area contributed by atoms with E-state index in [4.69, 9.17) is 5.73 Å². The van der Waals surface area contributed by atoms with Gasteiger partial charge < -0.3 is 10.8 Å². The van der Waals surface area contributed by atoms with Crippen molar-refractivity contribution in [1.29, 1.82) is 0 Å². The van der Waals surface area contributed by atoms with Crippen LogP contribution in [0.2, 0.25) is 0 Å². The molecule has 1 fully saturated rings. The smallest absolute Gasteiger partial charge is 0.243 e. The summed E-state index contributed by atoms with van der Waals surface area (Å²) in [5.74, 6) is 0. The second-order valence-corrected chi connectivity index (χ2v) is 8.12. The molecule has 1 atom stereocenters. The molecule has 2 rings (SSSR count). The molecule has 0 aliphatic carbocycles. The highest BCUT2D eigenvalue weighted by Gasteiger charge is 2.32. The molecule has 5 nitrogen and oxygen atoms in total. The van der Waals surface area contributed by atoms with Gasteiger partial charge in [-0.3, -0.25) is 0 Å². The van der Waals surface area contributed by atoms with Crippen LogP contribution in [0.15, 0.2) is 17.0 Å². The first kappa shape index (κ1) is 16.3. The molecule has 3 N–H and O–H groups in total. The predicted molar refractivity (Wildman–Crippen MR) is 83.6 cm³/mol. The van der Waals surface area contributed by atoms with Crippen molar-refractivity contribution in [2.75, 3.05) is 18.8 Å². The molecule has 118 valence electrons. The zero-order valence-electron chi connectivity index (χ0n) is 12.9. The third-order valence-corrected chi connectivity index (χ3v) is 6.31. The monoisotopic (exact) mass is 312 g/mol. The molecule has 1 aliphatic heterocycles. The molecule has 0 radical (unpaired) electrons. The highest BCUT2D eigenvalue weighted by molar-refractivity contribution is 7.89. The van der Waals surface area contributed by atoms with Crippen LogP contribution in [0.5, 0.6) is 0 Å². The van der Waals surface area contributed by atoms with Crippen LogP contribution in [0.4, 0.5) is 5.69 Å². The Morgan fingerprint density at radius 2 is 1.90 bits per heavy atom. The van der Waals surface area contributed by atoms with Gasteiger partial charge in [-0.25, -0.2) is 8.42 Å². The summed E-state index contributed by atoms with van der Waals surface area (Å²) in [4.78, 5) is 0.279. The van der Waals surface area contributed by atoms with Crippen LogP contribution >= 0.6 is 0 Å². The van der Waals surface area contributed by atoms with Gasteiger partial charge in [0.2, 0.25) is 10.0 Å². The van der Waals surface area contributed by atoms with Crippen molar-refractivity contribution < 1.29 is 13.5 Å². The van der Waals surface area contributed by atoms with Gasteiger partial charge in [-0.15, -0.1) is 0 Å². The molecule has 1 aromatic carbocycles. The Hall–Kier alpha value is -1.11. The molecule has 1 aliphatic rings. The van der Waals surface area contributed by atoms with E-state index in [9.17, 15) is 13.5 Å². The summed E-state index contributed by atoms with van der Waals surface area (Å²) >= 11 is 0. The summed E-state index contributed by atoms with van der Waals surface area (Å²) in [6, 6.07) is 3.31. The highest BCUT2D eigenvalue weighted by Crippen LogP contribution is 2.29. The van der Waals surface area contributed by atoms with Crippen LogP contribution in [0.1, 0.15) is 37.3 Å². The van der Waals surface area contributed by atoms with Gasteiger partial charge in [0.1, 0.15) is 0 Å². The first-order valence-corrected chi connectivity index (χ1v) is 8.67. The van der Waals surface area contributed by atoms with Crippen molar-refractivity contribution in [1.82, 2.24) is 4.31 Å². The average Bonchev–Trinajstić information content (AvgIpc) is 2.55. The maximum atomic E-state index is 12.9. The molecule has 0 saturated carbocycles. The van der Waals surface area contributed by atoms with Crippen molar-refractivity contribution in [2.45, 2.75) is 50.5 Å². The highest BCUT2D eigenvalue weighted by atomic mass is 32.2. The molecular weight excluding hydrogens is 288 g/mol. The van der Waals surface area contributed by atoms with Gasteiger partial charge in [0.15, 0.2) is 0 Å². The third-order valence-electron chi connectivity index (χ3n) is 4.28. The first-order chi connectivity index (χ1) is 9.63. The maximum Gasteiger partial charge on any atom is 0.243 e. The van der Waals surface area contributed by atoms with Crippen LogP contribution in [0, 0.1) is 13.8 Å². The summed E-state index contributed by atoms with van der Waals surface area (Å²) in [6.45, 7) is 6.20. The lowest BCUT2D eigenvalue weighted by Gasteiger charge is -2.23. The second kappa shape index (κ2) is 5.59. The lowest BCUT2D eigenvalue weighted by atomic mass is 9.98. The van der Waals surface area contributed by atoms with Crippen LogP contribution in [0.25, 0.3) is 0 Å². The van der Waals surface area contributed by atoms with Gasteiger partial charge in [0.25, 0.3) is 0 Å². The van der Waals surface area contributed by atoms with E-state index in [-0.39, 0.29) is 4.90 Å². The van der Waals surface area contributed by atoms with Crippen LogP contribution in [-0.2, 0) is 10.0 Å². The molecule has 1 unspecified atom stereocenters. The Morgan fingerprint density at radius 1 is 1.24 bits per heavy atom. The molecule has 6 heteroatoms. The molecule has 1 aromatic rings. The van der Waals surface area contributed by atoms with Crippen molar-refractivity contribution in [2.24, 2.45) is 0 Å². The van der Waals surface area contributed by atoms with E-state index in [1.807, 2.05) is 6.92 Å². The van der Waals surface area contributed by atoms with Crippen LogP contribution in [0.3, 0.4) is 0 Å². The molecule has 0 amide bonds. The van der Waals surface area contributed by atoms with E-state index < -0.39 is 15.6 Å².